The number of Topliss-reactive ketones (excluding diaryl/α,β-unsaturated/α-hetero) is 1. The lowest BCUT2D eigenvalue weighted by molar-refractivity contribution is -0.116. The van der Waals surface area contributed by atoms with Crippen LogP contribution >= 0.6 is 11.3 Å². The quantitative estimate of drug-likeness (QED) is 0.537. The largest absolute Gasteiger partial charge is 0.494 e. The molecule has 0 fully saturated rings. The van der Waals surface area contributed by atoms with Crippen molar-refractivity contribution in [2.75, 3.05) is 17.2 Å². The van der Waals surface area contributed by atoms with Gasteiger partial charge in [-0.1, -0.05) is 36.4 Å². The van der Waals surface area contributed by atoms with Crippen LogP contribution in [-0.2, 0) is 4.79 Å². The summed E-state index contributed by atoms with van der Waals surface area (Å²) < 4.78 is 5.92. The summed E-state index contributed by atoms with van der Waals surface area (Å²) in [5.74, 6) is 1.23. The molecule has 2 unspecified atom stereocenters. The van der Waals surface area contributed by atoms with Crippen LogP contribution in [0.4, 0.5) is 11.4 Å². The van der Waals surface area contributed by atoms with Crippen molar-refractivity contribution in [3.63, 3.8) is 0 Å². The monoisotopic (exact) mass is 416 g/mol. The minimum absolute atomic E-state index is 0.193. The van der Waals surface area contributed by atoms with Crippen LogP contribution in [0.3, 0.4) is 0 Å². The predicted molar refractivity (Wildman–Crippen MR) is 122 cm³/mol. The first-order chi connectivity index (χ1) is 14.7. The van der Waals surface area contributed by atoms with Crippen molar-refractivity contribution in [3.05, 3.63) is 87.8 Å². The van der Waals surface area contributed by atoms with Gasteiger partial charge in [0.15, 0.2) is 5.78 Å². The molecule has 0 radical (unpaired) electrons. The number of hydrogen-bond acceptors (Lipinski definition) is 5. The molecule has 1 aromatic heterocycles. The fourth-order valence-electron chi connectivity index (χ4n) is 4.46. The standard InChI is InChI=1S/C25H24N2O2S/c1-2-29-22-11-6-3-8-17(22)25-24-20(26-18-9-4-5-10-19(18)27-25)14-16(15-21(24)28)23-12-7-13-30-23/h3-13,16,25-27H,2,14-15H2,1H3. The van der Waals surface area contributed by atoms with Crippen LogP contribution in [0.2, 0.25) is 0 Å². The number of carbonyl (C=O) groups excluding carboxylic acids is 1. The van der Waals surface area contributed by atoms with E-state index in [0.717, 1.165) is 40.4 Å². The molecule has 5 rings (SSSR count). The number of ketones is 1. The van der Waals surface area contributed by atoms with Gasteiger partial charge in [0, 0.05) is 34.0 Å². The van der Waals surface area contributed by atoms with E-state index in [2.05, 4.69) is 46.3 Å². The Hall–Kier alpha value is -3.05. The summed E-state index contributed by atoms with van der Waals surface area (Å²) in [5, 5.41) is 9.32. The van der Waals surface area contributed by atoms with Gasteiger partial charge in [-0.25, -0.2) is 0 Å². The normalized spacial score (nSPS) is 20.5. The Morgan fingerprint density at radius 3 is 2.60 bits per heavy atom. The molecule has 152 valence electrons. The second-order valence-electron chi connectivity index (χ2n) is 7.65. The SMILES string of the molecule is CCOc1ccccc1C1Nc2ccccc2NC2=C1C(=O)CC(c1cccs1)C2. The molecular weight excluding hydrogens is 392 g/mol. The van der Waals surface area contributed by atoms with Crippen molar-refractivity contribution < 1.29 is 9.53 Å². The van der Waals surface area contributed by atoms with E-state index in [9.17, 15) is 4.79 Å². The number of nitrogens with one attached hydrogen (secondary N) is 2. The van der Waals surface area contributed by atoms with Crippen LogP contribution in [0, 0.1) is 0 Å². The fraction of sp³-hybridized carbons (Fsp3) is 0.240. The van der Waals surface area contributed by atoms with Crippen LogP contribution in [0.25, 0.3) is 0 Å². The fourth-order valence-corrected chi connectivity index (χ4v) is 5.29. The topological polar surface area (TPSA) is 50.4 Å². The summed E-state index contributed by atoms with van der Waals surface area (Å²) in [6.07, 6.45) is 1.36. The second kappa shape index (κ2) is 8.00. The lowest BCUT2D eigenvalue weighted by Crippen LogP contribution is -2.27. The van der Waals surface area contributed by atoms with E-state index in [1.54, 1.807) is 11.3 Å². The lowest BCUT2D eigenvalue weighted by atomic mass is 9.80. The van der Waals surface area contributed by atoms with E-state index in [4.69, 9.17) is 4.74 Å². The predicted octanol–water partition coefficient (Wildman–Crippen LogP) is 6.13. The number of thiophene rings is 1. The molecule has 2 N–H and O–H groups in total. The van der Waals surface area contributed by atoms with E-state index in [1.807, 2.05) is 37.3 Å². The molecule has 2 aromatic carbocycles. The van der Waals surface area contributed by atoms with Crippen LogP contribution in [0.15, 0.2) is 77.3 Å². The van der Waals surface area contributed by atoms with Crippen molar-refractivity contribution in [2.24, 2.45) is 0 Å². The zero-order valence-electron chi connectivity index (χ0n) is 16.9. The maximum absolute atomic E-state index is 13.5. The van der Waals surface area contributed by atoms with Gasteiger partial charge in [-0.05, 0) is 43.0 Å². The Kier molecular flexibility index (Phi) is 5.05. The number of ether oxygens (including phenoxy) is 1. The molecule has 0 saturated heterocycles. The van der Waals surface area contributed by atoms with Gasteiger partial charge in [-0.15, -0.1) is 11.3 Å². The van der Waals surface area contributed by atoms with Gasteiger partial charge < -0.3 is 15.4 Å². The molecule has 1 aliphatic carbocycles. The van der Waals surface area contributed by atoms with Crippen molar-refractivity contribution in [1.82, 2.24) is 0 Å². The average Bonchev–Trinajstić information content (AvgIpc) is 3.24. The first-order valence-electron chi connectivity index (χ1n) is 10.4. The zero-order valence-corrected chi connectivity index (χ0v) is 17.7. The van der Waals surface area contributed by atoms with Crippen LogP contribution < -0.4 is 15.4 Å². The molecule has 0 saturated carbocycles. The van der Waals surface area contributed by atoms with Crippen LogP contribution in [0.1, 0.15) is 42.2 Å². The number of benzene rings is 2. The highest BCUT2D eigenvalue weighted by Crippen LogP contribution is 2.46. The summed E-state index contributed by atoms with van der Waals surface area (Å²) >= 11 is 1.73. The number of para-hydroxylation sites is 3. The van der Waals surface area contributed by atoms with E-state index in [1.165, 1.54) is 4.88 Å². The number of anilines is 2. The van der Waals surface area contributed by atoms with E-state index < -0.39 is 0 Å². The number of rotatable bonds is 4. The number of allylic oxidation sites excluding steroid dienone is 1. The smallest absolute Gasteiger partial charge is 0.163 e. The van der Waals surface area contributed by atoms with Gasteiger partial charge in [0.2, 0.25) is 0 Å². The molecule has 5 heteroatoms. The van der Waals surface area contributed by atoms with Crippen molar-refractivity contribution in [2.45, 2.75) is 31.7 Å². The van der Waals surface area contributed by atoms with E-state index in [-0.39, 0.29) is 17.7 Å². The van der Waals surface area contributed by atoms with Gasteiger partial charge in [0.25, 0.3) is 0 Å². The zero-order chi connectivity index (χ0) is 20.5. The van der Waals surface area contributed by atoms with Crippen LogP contribution in [-0.4, -0.2) is 12.4 Å². The third kappa shape index (κ3) is 3.39. The molecule has 30 heavy (non-hydrogen) atoms. The maximum atomic E-state index is 13.5. The molecule has 1 aliphatic heterocycles. The van der Waals surface area contributed by atoms with Gasteiger partial charge in [-0.3, -0.25) is 4.79 Å². The Bertz CT molecular complexity index is 1100. The minimum atomic E-state index is -0.254. The Morgan fingerprint density at radius 2 is 1.80 bits per heavy atom. The molecule has 0 spiro atoms. The highest BCUT2D eigenvalue weighted by Gasteiger charge is 2.37. The molecule has 2 aliphatic rings. The summed E-state index contributed by atoms with van der Waals surface area (Å²) in [6, 6.07) is 20.1. The van der Waals surface area contributed by atoms with Crippen molar-refractivity contribution in [3.8, 4) is 5.75 Å². The third-order valence-electron chi connectivity index (χ3n) is 5.78. The first kappa shape index (κ1) is 18.9. The number of hydrogen-bond donors (Lipinski definition) is 2. The first-order valence-corrected chi connectivity index (χ1v) is 11.3. The van der Waals surface area contributed by atoms with Gasteiger partial charge in [0.1, 0.15) is 5.75 Å². The Morgan fingerprint density at radius 1 is 1.00 bits per heavy atom. The summed E-state index contributed by atoms with van der Waals surface area (Å²) in [7, 11) is 0. The maximum Gasteiger partial charge on any atom is 0.163 e. The van der Waals surface area contributed by atoms with Gasteiger partial charge >= 0.3 is 0 Å². The van der Waals surface area contributed by atoms with Crippen molar-refractivity contribution >= 4 is 28.5 Å². The number of fused-ring (bicyclic) bond motifs is 1. The highest BCUT2D eigenvalue weighted by atomic mass is 32.1. The average molecular weight is 417 g/mol. The molecule has 3 aromatic rings. The summed E-state index contributed by atoms with van der Waals surface area (Å²) in [5.41, 5.74) is 4.82. The summed E-state index contributed by atoms with van der Waals surface area (Å²) in [4.78, 5) is 14.8. The molecule has 0 amide bonds. The van der Waals surface area contributed by atoms with Crippen molar-refractivity contribution in [1.29, 1.82) is 0 Å². The molecule has 2 heterocycles. The second-order valence-corrected chi connectivity index (χ2v) is 8.63. The van der Waals surface area contributed by atoms with Gasteiger partial charge in [0.05, 0.1) is 24.0 Å². The van der Waals surface area contributed by atoms with Gasteiger partial charge in [-0.2, -0.15) is 0 Å². The Labute approximate surface area is 180 Å². The number of carbonyl (C=O) groups is 1. The third-order valence-corrected chi connectivity index (χ3v) is 6.82. The molecular formula is C25H24N2O2S. The van der Waals surface area contributed by atoms with E-state index in [0.29, 0.717) is 13.0 Å². The summed E-state index contributed by atoms with van der Waals surface area (Å²) in [6.45, 7) is 2.56. The highest BCUT2D eigenvalue weighted by molar-refractivity contribution is 7.10. The lowest BCUT2D eigenvalue weighted by Gasteiger charge is -2.30. The Balaban J connectivity index is 1.64. The molecule has 0 bridgehead atoms. The molecule has 2 atom stereocenters. The minimum Gasteiger partial charge on any atom is -0.494 e. The van der Waals surface area contributed by atoms with E-state index >= 15 is 0 Å². The van der Waals surface area contributed by atoms with Crippen LogP contribution in [0.5, 0.6) is 5.75 Å². The molecule has 4 nitrogen and oxygen atoms in total.